The van der Waals surface area contributed by atoms with E-state index < -0.39 is 0 Å². The molecule has 0 fully saturated rings. The van der Waals surface area contributed by atoms with Crippen LogP contribution in [0, 0.1) is 6.92 Å². The number of nitrogens with one attached hydrogen (secondary N) is 1. The summed E-state index contributed by atoms with van der Waals surface area (Å²) in [5, 5.41) is 3.98. The number of nitrogens with zero attached hydrogens (tertiary/aromatic N) is 2. The fourth-order valence-electron chi connectivity index (χ4n) is 3.90. The van der Waals surface area contributed by atoms with Crippen LogP contribution in [0.3, 0.4) is 0 Å². The maximum atomic E-state index is 13.4. The Hall–Kier alpha value is -3.48. The van der Waals surface area contributed by atoms with Gasteiger partial charge in [0, 0.05) is 27.7 Å². The molecular formula is C25H19Cl2N3O3. The predicted octanol–water partition coefficient (Wildman–Crippen LogP) is 5.59. The molecule has 0 unspecified atom stereocenters. The number of carbonyl (C=O) groups is 1. The minimum atomic E-state index is -0.317. The topological polar surface area (TPSA) is 65.3 Å². The maximum absolute atomic E-state index is 13.4. The summed E-state index contributed by atoms with van der Waals surface area (Å²) in [5.74, 6) is 0.634. The number of amides is 1. The molecule has 0 saturated heterocycles. The van der Waals surface area contributed by atoms with E-state index in [2.05, 4.69) is 5.32 Å². The van der Waals surface area contributed by atoms with Crippen LogP contribution in [0.2, 0.25) is 10.0 Å². The van der Waals surface area contributed by atoms with Crippen LogP contribution in [-0.2, 0) is 17.8 Å². The maximum Gasteiger partial charge on any atom is 0.278 e. The van der Waals surface area contributed by atoms with Crippen molar-refractivity contribution in [3.05, 3.63) is 104 Å². The molecule has 2 heterocycles. The highest BCUT2D eigenvalue weighted by atomic mass is 35.5. The Kier molecular flexibility index (Phi) is 5.48. The van der Waals surface area contributed by atoms with Crippen molar-refractivity contribution in [1.82, 2.24) is 9.36 Å². The highest BCUT2D eigenvalue weighted by molar-refractivity contribution is 6.31. The molecule has 0 atom stereocenters. The molecule has 6 nitrogen and oxygen atoms in total. The number of aryl methyl sites for hydroxylation is 1. The van der Waals surface area contributed by atoms with Crippen LogP contribution in [0.4, 0.5) is 5.69 Å². The molecule has 3 aromatic carbocycles. The molecule has 1 aromatic heterocycles. The summed E-state index contributed by atoms with van der Waals surface area (Å²) >= 11 is 12.3. The number of carbonyl (C=O) groups excluding carboxylic acids is 1. The Bertz CT molecular complexity index is 1440. The van der Waals surface area contributed by atoms with Crippen LogP contribution in [0.5, 0.6) is 11.6 Å². The van der Waals surface area contributed by atoms with Crippen LogP contribution in [0.25, 0.3) is 5.69 Å². The van der Waals surface area contributed by atoms with Gasteiger partial charge in [-0.15, -0.1) is 0 Å². The molecule has 1 aliphatic heterocycles. The number of halogens is 2. The van der Waals surface area contributed by atoms with Crippen molar-refractivity contribution in [2.24, 2.45) is 0 Å². The lowest BCUT2D eigenvalue weighted by Gasteiger charge is -2.19. The van der Waals surface area contributed by atoms with Crippen molar-refractivity contribution >= 4 is 34.8 Å². The van der Waals surface area contributed by atoms with Gasteiger partial charge in [0.25, 0.3) is 5.56 Å². The Morgan fingerprint density at radius 3 is 2.61 bits per heavy atom. The van der Waals surface area contributed by atoms with Crippen molar-refractivity contribution in [1.29, 1.82) is 0 Å². The number of anilines is 1. The molecule has 0 radical (unpaired) electrons. The van der Waals surface area contributed by atoms with E-state index in [0.29, 0.717) is 45.0 Å². The Morgan fingerprint density at radius 1 is 1.06 bits per heavy atom. The molecule has 0 spiro atoms. The van der Waals surface area contributed by atoms with E-state index >= 15 is 0 Å². The number of benzene rings is 3. The molecule has 8 heteroatoms. The summed E-state index contributed by atoms with van der Waals surface area (Å²) < 4.78 is 9.15. The molecule has 5 rings (SSSR count). The van der Waals surface area contributed by atoms with Gasteiger partial charge in [-0.05, 0) is 55.0 Å². The Labute approximate surface area is 199 Å². The van der Waals surface area contributed by atoms with Crippen LogP contribution < -0.4 is 15.6 Å². The van der Waals surface area contributed by atoms with Gasteiger partial charge in [0.15, 0.2) is 0 Å². The zero-order valence-corrected chi connectivity index (χ0v) is 19.2. The van der Waals surface area contributed by atoms with Gasteiger partial charge >= 0.3 is 0 Å². The molecule has 0 saturated carbocycles. The number of hydrogen-bond acceptors (Lipinski definition) is 3. The monoisotopic (exact) mass is 479 g/mol. The number of hydrogen-bond donors (Lipinski definition) is 1. The lowest BCUT2D eigenvalue weighted by molar-refractivity contribution is -0.117. The van der Waals surface area contributed by atoms with E-state index in [1.54, 1.807) is 35.0 Å². The summed E-state index contributed by atoms with van der Waals surface area (Å²) in [7, 11) is 0. The van der Waals surface area contributed by atoms with Gasteiger partial charge in [0.05, 0.1) is 11.3 Å². The first-order valence-corrected chi connectivity index (χ1v) is 11.1. The third-order valence-corrected chi connectivity index (χ3v) is 6.17. The van der Waals surface area contributed by atoms with Crippen molar-refractivity contribution in [2.45, 2.75) is 19.9 Å². The zero-order chi connectivity index (χ0) is 23.1. The number of fused-ring (bicyclic) bond motifs is 2. The van der Waals surface area contributed by atoms with Crippen molar-refractivity contribution < 1.29 is 9.53 Å². The lowest BCUT2D eigenvalue weighted by atomic mass is 10.0. The first-order chi connectivity index (χ1) is 15.9. The highest BCUT2D eigenvalue weighted by Crippen LogP contribution is 2.37. The van der Waals surface area contributed by atoms with Crippen LogP contribution in [-0.4, -0.2) is 15.3 Å². The number of para-hydroxylation sites is 1. The average molecular weight is 480 g/mol. The SMILES string of the molecule is Cc1ccc(NC(=O)Cn2c3c(c(=O)n2-c2ccccc2)Cc2cc(Cl)ccc2O3)cc1Cl. The number of aromatic nitrogens is 2. The van der Waals surface area contributed by atoms with Crippen molar-refractivity contribution in [2.75, 3.05) is 5.32 Å². The molecule has 1 aliphatic rings. The van der Waals surface area contributed by atoms with Gasteiger partial charge in [-0.1, -0.05) is 47.5 Å². The fourth-order valence-corrected chi connectivity index (χ4v) is 4.27. The third kappa shape index (κ3) is 4.03. The molecule has 1 amide bonds. The predicted molar refractivity (Wildman–Crippen MR) is 129 cm³/mol. The van der Waals surface area contributed by atoms with Crippen LogP contribution in [0.1, 0.15) is 16.7 Å². The molecule has 0 bridgehead atoms. The summed E-state index contributed by atoms with van der Waals surface area (Å²) in [6, 6.07) is 19.8. The van der Waals surface area contributed by atoms with Gasteiger partial charge in [-0.3, -0.25) is 9.59 Å². The number of rotatable bonds is 4. The quantitative estimate of drug-likeness (QED) is 0.365. The van der Waals surface area contributed by atoms with E-state index in [4.69, 9.17) is 27.9 Å². The van der Waals surface area contributed by atoms with Gasteiger partial charge in [0.2, 0.25) is 11.8 Å². The minimum absolute atomic E-state index is 0.131. The first-order valence-electron chi connectivity index (χ1n) is 10.3. The van der Waals surface area contributed by atoms with E-state index in [1.807, 2.05) is 43.3 Å². The van der Waals surface area contributed by atoms with Crippen LogP contribution in [0.15, 0.2) is 71.5 Å². The molecule has 1 N–H and O–H groups in total. The molecule has 166 valence electrons. The van der Waals surface area contributed by atoms with Crippen molar-refractivity contribution in [3.8, 4) is 17.3 Å². The van der Waals surface area contributed by atoms with Gasteiger partial charge in [-0.2, -0.15) is 0 Å². The normalized spacial score (nSPS) is 12.0. The molecule has 4 aromatic rings. The standard InChI is InChI=1S/C25H19Cl2N3O3/c1-15-7-9-18(13-21(15)27)28-23(31)14-29-25-20(12-16-11-17(26)8-10-22(16)33-25)24(32)30(29)19-5-3-2-4-6-19/h2-11,13H,12,14H2,1H3,(H,28,31). The van der Waals surface area contributed by atoms with Crippen LogP contribution >= 0.6 is 23.2 Å². The largest absolute Gasteiger partial charge is 0.439 e. The highest BCUT2D eigenvalue weighted by Gasteiger charge is 2.29. The minimum Gasteiger partial charge on any atom is -0.439 e. The van der Waals surface area contributed by atoms with E-state index in [0.717, 1.165) is 11.1 Å². The average Bonchev–Trinajstić information content (AvgIpc) is 3.06. The van der Waals surface area contributed by atoms with Gasteiger partial charge < -0.3 is 10.1 Å². The summed E-state index contributed by atoms with van der Waals surface area (Å²) in [6.07, 6.45) is 0.360. The first kappa shape index (κ1) is 21.4. The second-order valence-electron chi connectivity index (χ2n) is 7.84. The second kappa shape index (κ2) is 8.46. The smallest absolute Gasteiger partial charge is 0.278 e. The summed E-state index contributed by atoms with van der Waals surface area (Å²) in [6.45, 7) is 1.76. The summed E-state index contributed by atoms with van der Waals surface area (Å²) in [5.41, 5.74) is 3.18. The summed E-state index contributed by atoms with van der Waals surface area (Å²) in [4.78, 5) is 26.4. The van der Waals surface area contributed by atoms with E-state index in [1.165, 1.54) is 4.68 Å². The Balaban J connectivity index is 1.56. The Morgan fingerprint density at radius 2 is 1.85 bits per heavy atom. The van der Waals surface area contributed by atoms with E-state index in [9.17, 15) is 9.59 Å². The molecule has 33 heavy (non-hydrogen) atoms. The van der Waals surface area contributed by atoms with Gasteiger partial charge in [0.1, 0.15) is 12.3 Å². The third-order valence-electron chi connectivity index (χ3n) is 5.53. The van der Waals surface area contributed by atoms with Gasteiger partial charge in [-0.25, -0.2) is 9.36 Å². The molecular weight excluding hydrogens is 461 g/mol. The van der Waals surface area contributed by atoms with E-state index in [-0.39, 0.29) is 18.0 Å². The number of ether oxygens (including phenoxy) is 1. The second-order valence-corrected chi connectivity index (χ2v) is 8.68. The lowest BCUT2D eigenvalue weighted by Crippen LogP contribution is -2.27. The zero-order valence-electron chi connectivity index (χ0n) is 17.6. The van der Waals surface area contributed by atoms with Crippen molar-refractivity contribution in [3.63, 3.8) is 0 Å². The molecule has 0 aliphatic carbocycles. The fraction of sp³-hybridized carbons (Fsp3) is 0.120.